The van der Waals surface area contributed by atoms with E-state index in [0.29, 0.717) is 11.1 Å². The lowest BCUT2D eigenvalue weighted by Crippen LogP contribution is -2.52. The van der Waals surface area contributed by atoms with E-state index >= 15 is 0 Å². The van der Waals surface area contributed by atoms with Crippen LogP contribution in [0.15, 0.2) is 66.9 Å². The van der Waals surface area contributed by atoms with E-state index in [2.05, 4.69) is 5.32 Å². The molecule has 34 heavy (non-hydrogen) atoms. The van der Waals surface area contributed by atoms with Gasteiger partial charge in [-0.2, -0.15) is 13.2 Å². The Morgan fingerprint density at radius 1 is 1.00 bits per heavy atom. The summed E-state index contributed by atoms with van der Waals surface area (Å²) in [5.41, 5.74) is 1.20. The predicted molar refractivity (Wildman–Crippen MR) is 117 cm³/mol. The smallest absolute Gasteiger partial charge is 0.344 e. The maximum absolute atomic E-state index is 13.2. The molecule has 178 valence electrons. The number of hydrogen-bond acceptors (Lipinski definition) is 4. The summed E-state index contributed by atoms with van der Waals surface area (Å²) in [4.78, 5) is 51.6. The van der Waals surface area contributed by atoms with Gasteiger partial charge in [-0.3, -0.25) is 24.1 Å². The van der Waals surface area contributed by atoms with E-state index in [-0.39, 0.29) is 24.6 Å². The molecule has 1 N–H and O–H groups in total. The number of amides is 3. The molecule has 7 nitrogen and oxygen atoms in total. The third kappa shape index (κ3) is 6.09. The number of hydrogen-bond donors (Lipinski definition) is 1. The molecule has 1 heterocycles. The molecule has 3 amide bonds. The first-order valence-electron chi connectivity index (χ1n) is 10.4. The summed E-state index contributed by atoms with van der Waals surface area (Å²) in [6.07, 6.45) is -4.10. The van der Waals surface area contributed by atoms with Gasteiger partial charge < -0.3 is 10.2 Å². The molecular formula is C24H22F3N3O4. The Kier molecular flexibility index (Phi) is 7.50. The molecule has 0 spiro atoms. The normalized spacial score (nSPS) is 14.9. The zero-order chi connectivity index (χ0) is 24.9. The van der Waals surface area contributed by atoms with Crippen LogP contribution in [0.5, 0.6) is 0 Å². The molecule has 1 aliphatic heterocycles. The Morgan fingerprint density at radius 3 is 2.15 bits per heavy atom. The van der Waals surface area contributed by atoms with Gasteiger partial charge in [0.25, 0.3) is 5.78 Å². The monoisotopic (exact) mass is 473 g/mol. The lowest BCUT2D eigenvalue weighted by Gasteiger charge is -2.33. The van der Waals surface area contributed by atoms with E-state index in [1.807, 2.05) is 0 Å². The van der Waals surface area contributed by atoms with Gasteiger partial charge in [0.15, 0.2) is 0 Å². The van der Waals surface area contributed by atoms with Crippen molar-refractivity contribution >= 4 is 29.2 Å². The summed E-state index contributed by atoms with van der Waals surface area (Å²) < 4.78 is 39.5. The first kappa shape index (κ1) is 24.7. The molecule has 0 fully saturated rings. The fourth-order valence-corrected chi connectivity index (χ4v) is 3.48. The number of rotatable bonds is 7. The molecule has 3 rings (SSSR count). The van der Waals surface area contributed by atoms with E-state index in [9.17, 15) is 32.3 Å². The van der Waals surface area contributed by atoms with Crippen LogP contribution in [0.25, 0.3) is 5.70 Å². The molecule has 0 unspecified atom stereocenters. The van der Waals surface area contributed by atoms with Crippen molar-refractivity contribution in [1.82, 2.24) is 15.1 Å². The topological polar surface area (TPSA) is 86.8 Å². The maximum atomic E-state index is 13.2. The Hall–Kier alpha value is -3.95. The molecule has 0 radical (unpaired) electrons. The van der Waals surface area contributed by atoms with Crippen LogP contribution in [0.1, 0.15) is 18.1 Å². The number of halogens is 3. The van der Waals surface area contributed by atoms with Gasteiger partial charge in [0.05, 0.1) is 5.70 Å². The molecule has 0 aliphatic carbocycles. The number of benzene rings is 2. The number of ketones is 1. The largest absolute Gasteiger partial charge is 0.452 e. The average molecular weight is 473 g/mol. The van der Waals surface area contributed by atoms with Crippen molar-refractivity contribution in [3.63, 3.8) is 0 Å². The summed E-state index contributed by atoms with van der Waals surface area (Å²) in [5.74, 6) is -4.00. The van der Waals surface area contributed by atoms with Crippen LogP contribution in [0.4, 0.5) is 13.2 Å². The predicted octanol–water partition coefficient (Wildman–Crippen LogP) is 2.53. The number of alkyl halides is 3. The minimum Gasteiger partial charge on any atom is -0.344 e. The van der Waals surface area contributed by atoms with Crippen LogP contribution in [-0.2, 0) is 25.6 Å². The first-order chi connectivity index (χ1) is 16.1. The summed E-state index contributed by atoms with van der Waals surface area (Å²) in [6, 6.07) is 14.6. The highest BCUT2D eigenvalue weighted by atomic mass is 19.4. The molecule has 1 aliphatic rings. The summed E-state index contributed by atoms with van der Waals surface area (Å²) >= 11 is 0. The molecule has 0 saturated carbocycles. The van der Waals surface area contributed by atoms with Gasteiger partial charge in [-0.05, 0) is 11.1 Å². The SMILES string of the molecule is CC(=O)N1C=C(c2ccccc2)N(CC(=O)N[C@@H](Cc2ccccc2)C(=O)C(F)(F)F)C(=O)C1. The average Bonchev–Trinajstić information content (AvgIpc) is 2.79. The van der Waals surface area contributed by atoms with Crippen molar-refractivity contribution in [2.45, 2.75) is 25.6 Å². The number of carbonyl (C=O) groups excluding carboxylic acids is 4. The van der Waals surface area contributed by atoms with E-state index < -0.39 is 36.4 Å². The minimum atomic E-state index is -5.15. The molecule has 0 saturated heterocycles. The van der Waals surface area contributed by atoms with Crippen molar-refractivity contribution in [3.05, 3.63) is 78.0 Å². The van der Waals surface area contributed by atoms with Crippen molar-refractivity contribution in [2.75, 3.05) is 13.1 Å². The van der Waals surface area contributed by atoms with Crippen molar-refractivity contribution < 1.29 is 32.3 Å². The summed E-state index contributed by atoms with van der Waals surface area (Å²) in [7, 11) is 0. The van der Waals surface area contributed by atoms with Gasteiger partial charge >= 0.3 is 6.18 Å². The second kappa shape index (κ2) is 10.3. The van der Waals surface area contributed by atoms with Gasteiger partial charge in [-0.15, -0.1) is 0 Å². The summed E-state index contributed by atoms with van der Waals surface area (Å²) in [6.45, 7) is 0.335. The molecule has 0 aromatic heterocycles. The lowest BCUT2D eigenvalue weighted by atomic mass is 10.0. The van der Waals surface area contributed by atoms with Gasteiger partial charge in [0.1, 0.15) is 19.1 Å². The highest BCUT2D eigenvalue weighted by Crippen LogP contribution is 2.24. The quantitative estimate of drug-likeness (QED) is 0.670. The zero-order valence-corrected chi connectivity index (χ0v) is 18.2. The number of Topliss-reactive ketones (excluding diaryl/α,β-unsaturated/α-hetero) is 1. The van der Waals surface area contributed by atoms with Gasteiger partial charge in [0.2, 0.25) is 17.7 Å². The highest BCUT2D eigenvalue weighted by molar-refractivity contribution is 5.98. The van der Waals surface area contributed by atoms with E-state index in [4.69, 9.17) is 0 Å². The van der Waals surface area contributed by atoms with Crippen molar-refractivity contribution in [2.24, 2.45) is 0 Å². The number of nitrogens with zero attached hydrogens (tertiary/aromatic N) is 2. The van der Waals surface area contributed by atoms with Gasteiger partial charge in [-0.1, -0.05) is 60.7 Å². The Labute approximate surface area is 193 Å². The zero-order valence-electron chi connectivity index (χ0n) is 18.2. The standard InChI is InChI=1S/C24H22F3N3O4/c1-16(31)29-13-20(18-10-6-3-7-11-18)30(22(33)15-29)14-21(32)28-19(23(34)24(25,26)27)12-17-8-4-2-5-9-17/h2-11,13,19H,12,14-15H2,1H3,(H,28,32)/t19-/m0/s1. The second-order valence-corrected chi connectivity index (χ2v) is 7.68. The minimum absolute atomic E-state index is 0.240. The highest BCUT2D eigenvalue weighted by Gasteiger charge is 2.44. The third-order valence-corrected chi connectivity index (χ3v) is 5.17. The van der Waals surface area contributed by atoms with E-state index in [1.165, 1.54) is 18.0 Å². The molecule has 1 atom stereocenters. The van der Waals surface area contributed by atoms with Crippen molar-refractivity contribution in [3.8, 4) is 0 Å². The molecule has 10 heteroatoms. The van der Waals surface area contributed by atoms with Gasteiger partial charge in [0, 0.05) is 19.5 Å². The van der Waals surface area contributed by atoms with Crippen molar-refractivity contribution in [1.29, 1.82) is 0 Å². The number of carbonyl (C=O) groups is 4. The number of nitrogens with one attached hydrogen (secondary N) is 1. The third-order valence-electron chi connectivity index (χ3n) is 5.17. The summed E-state index contributed by atoms with van der Waals surface area (Å²) in [5, 5.41) is 2.14. The molecule has 0 bridgehead atoms. The second-order valence-electron chi connectivity index (χ2n) is 7.68. The first-order valence-corrected chi connectivity index (χ1v) is 10.4. The van der Waals surface area contributed by atoms with Gasteiger partial charge in [-0.25, -0.2) is 0 Å². The van der Waals surface area contributed by atoms with E-state index in [1.54, 1.807) is 60.7 Å². The Morgan fingerprint density at radius 2 is 1.59 bits per heavy atom. The Bertz CT molecular complexity index is 1100. The van der Waals surface area contributed by atoms with Crippen LogP contribution in [0, 0.1) is 0 Å². The molecular weight excluding hydrogens is 451 g/mol. The van der Waals surface area contributed by atoms with Crippen LogP contribution >= 0.6 is 0 Å². The Balaban J connectivity index is 1.84. The molecule has 2 aromatic rings. The van der Waals surface area contributed by atoms with Crippen LogP contribution in [-0.4, -0.2) is 58.6 Å². The lowest BCUT2D eigenvalue weighted by molar-refractivity contribution is -0.173. The van der Waals surface area contributed by atoms with Crippen LogP contribution in [0.2, 0.25) is 0 Å². The maximum Gasteiger partial charge on any atom is 0.452 e. The molecule has 2 aromatic carbocycles. The fourth-order valence-electron chi connectivity index (χ4n) is 3.48. The van der Waals surface area contributed by atoms with Crippen LogP contribution < -0.4 is 5.32 Å². The van der Waals surface area contributed by atoms with E-state index in [0.717, 1.165) is 4.90 Å². The fraction of sp³-hybridized carbons (Fsp3) is 0.250. The van der Waals surface area contributed by atoms with Crippen LogP contribution in [0.3, 0.4) is 0 Å².